The second kappa shape index (κ2) is 7.29. The topological polar surface area (TPSA) is 68.3 Å². The Morgan fingerprint density at radius 3 is 2.58 bits per heavy atom. The molecule has 0 spiro atoms. The molecule has 5 nitrogen and oxygen atoms in total. The van der Waals surface area contributed by atoms with E-state index in [1.165, 1.54) is 25.3 Å². The van der Waals surface area contributed by atoms with Crippen molar-refractivity contribution in [3.63, 3.8) is 0 Å². The van der Waals surface area contributed by atoms with E-state index in [0.29, 0.717) is 5.56 Å². The monoisotopic (exact) mass is 360 g/mol. The Balaban J connectivity index is 2.15. The Kier molecular flexibility index (Phi) is 5.58. The first-order valence-electron chi connectivity index (χ1n) is 6.82. The van der Waals surface area contributed by atoms with Crippen molar-refractivity contribution < 1.29 is 26.3 Å². The van der Waals surface area contributed by atoms with E-state index in [0.717, 1.165) is 12.3 Å². The summed E-state index contributed by atoms with van der Waals surface area (Å²) in [6.45, 7) is -0.0227. The Morgan fingerprint density at radius 1 is 1.17 bits per heavy atom. The number of halogens is 3. The van der Waals surface area contributed by atoms with Crippen LogP contribution in [0.15, 0.2) is 47.5 Å². The van der Waals surface area contributed by atoms with Gasteiger partial charge in [0, 0.05) is 19.9 Å². The third-order valence-corrected chi connectivity index (χ3v) is 4.50. The van der Waals surface area contributed by atoms with Crippen LogP contribution in [0.2, 0.25) is 0 Å². The number of pyridine rings is 1. The van der Waals surface area contributed by atoms with Gasteiger partial charge in [-0.05, 0) is 35.4 Å². The van der Waals surface area contributed by atoms with Crippen LogP contribution < -0.4 is 4.72 Å². The number of aromatic nitrogens is 1. The van der Waals surface area contributed by atoms with Crippen LogP contribution in [0.5, 0.6) is 0 Å². The molecule has 1 aromatic heterocycles. The standard InChI is InChI=1S/C15H15F3N2O3S/c1-23-10-12-3-2-4-13(7-12)24(21,22)20-9-11-5-6-19-14(8-11)15(16,17)18/h2-8,20H,9-10H2,1H3. The van der Waals surface area contributed by atoms with E-state index in [4.69, 9.17) is 4.74 Å². The number of benzene rings is 1. The maximum atomic E-state index is 12.6. The van der Waals surface area contributed by atoms with Gasteiger partial charge in [-0.2, -0.15) is 13.2 Å². The summed E-state index contributed by atoms with van der Waals surface area (Å²) >= 11 is 0. The number of nitrogens with zero attached hydrogens (tertiary/aromatic N) is 1. The lowest BCUT2D eigenvalue weighted by molar-refractivity contribution is -0.141. The van der Waals surface area contributed by atoms with Gasteiger partial charge in [-0.15, -0.1) is 0 Å². The fraction of sp³-hybridized carbons (Fsp3) is 0.267. The van der Waals surface area contributed by atoms with E-state index in [9.17, 15) is 21.6 Å². The second-order valence-corrected chi connectivity index (χ2v) is 6.72. The van der Waals surface area contributed by atoms with Crippen LogP contribution in [-0.4, -0.2) is 20.5 Å². The van der Waals surface area contributed by atoms with Gasteiger partial charge in [0.05, 0.1) is 11.5 Å². The van der Waals surface area contributed by atoms with Crippen molar-refractivity contribution >= 4 is 10.0 Å². The fourth-order valence-electron chi connectivity index (χ4n) is 1.97. The Morgan fingerprint density at radius 2 is 1.92 bits per heavy atom. The maximum Gasteiger partial charge on any atom is 0.433 e. The zero-order valence-electron chi connectivity index (χ0n) is 12.7. The predicted molar refractivity (Wildman–Crippen MR) is 80.4 cm³/mol. The highest BCUT2D eigenvalue weighted by Crippen LogP contribution is 2.27. The van der Waals surface area contributed by atoms with Gasteiger partial charge in [-0.3, -0.25) is 4.98 Å². The summed E-state index contributed by atoms with van der Waals surface area (Å²) in [4.78, 5) is 3.25. The molecule has 130 valence electrons. The van der Waals surface area contributed by atoms with Crippen molar-refractivity contribution in [3.05, 3.63) is 59.4 Å². The lowest BCUT2D eigenvalue weighted by atomic mass is 10.2. The van der Waals surface area contributed by atoms with Gasteiger partial charge in [-0.25, -0.2) is 13.1 Å². The highest BCUT2D eigenvalue weighted by atomic mass is 32.2. The van der Waals surface area contributed by atoms with Crippen LogP contribution in [0.25, 0.3) is 0 Å². The molecule has 9 heteroatoms. The minimum absolute atomic E-state index is 0.0159. The molecule has 0 saturated heterocycles. The molecule has 0 aliphatic heterocycles. The number of rotatable bonds is 6. The molecule has 1 heterocycles. The molecule has 0 fully saturated rings. The molecule has 2 rings (SSSR count). The summed E-state index contributed by atoms with van der Waals surface area (Å²) in [7, 11) is -2.37. The van der Waals surface area contributed by atoms with E-state index >= 15 is 0 Å². The van der Waals surface area contributed by atoms with E-state index in [1.807, 2.05) is 0 Å². The average Bonchev–Trinajstić information content (AvgIpc) is 2.53. The lowest BCUT2D eigenvalue weighted by Gasteiger charge is -2.10. The van der Waals surface area contributed by atoms with Crippen molar-refractivity contribution in [1.82, 2.24) is 9.71 Å². The molecule has 0 aliphatic carbocycles. The molecule has 0 unspecified atom stereocenters. The van der Waals surface area contributed by atoms with Crippen LogP contribution in [-0.2, 0) is 34.1 Å². The van der Waals surface area contributed by atoms with Crippen LogP contribution in [0.1, 0.15) is 16.8 Å². The summed E-state index contributed by atoms with van der Waals surface area (Å²) in [6, 6.07) is 8.25. The fourth-order valence-corrected chi connectivity index (χ4v) is 3.06. The zero-order chi connectivity index (χ0) is 17.8. The number of sulfonamides is 1. The van der Waals surface area contributed by atoms with Crippen molar-refractivity contribution in [1.29, 1.82) is 0 Å². The summed E-state index contributed by atoms with van der Waals surface area (Å²) in [5.41, 5.74) is -0.237. The summed E-state index contributed by atoms with van der Waals surface area (Å²) in [6.07, 6.45) is -3.59. The van der Waals surface area contributed by atoms with E-state index in [-0.39, 0.29) is 23.6 Å². The maximum absolute atomic E-state index is 12.6. The van der Waals surface area contributed by atoms with Gasteiger partial charge >= 0.3 is 6.18 Å². The van der Waals surface area contributed by atoms with Gasteiger partial charge in [-0.1, -0.05) is 12.1 Å². The van der Waals surface area contributed by atoms with Crippen molar-refractivity contribution in [2.45, 2.75) is 24.2 Å². The number of alkyl halides is 3. The number of hydrogen-bond acceptors (Lipinski definition) is 4. The van der Waals surface area contributed by atoms with Crippen LogP contribution in [0.3, 0.4) is 0 Å². The quantitative estimate of drug-likeness (QED) is 0.860. The van der Waals surface area contributed by atoms with Crippen LogP contribution >= 0.6 is 0 Å². The first kappa shape index (κ1) is 18.4. The molecular formula is C15H15F3N2O3S. The third-order valence-electron chi connectivity index (χ3n) is 3.10. The average molecular weight is 360 g/mol. The second-order valence-electron chi connectivity index (χ2n) is 4.95. The Bertz CT molecular complexity index is 808. The predicted octanol–water partition coefficient (Wildman–Crippen LogP) is 2.73. The van der Waals surface area contributed by atoms with Crippen molar-refractivity contribution in [2.24, 2.45) is 0 Å². The highest BCUT2D eigenvalue weighted by molar-refractivity contribution is 7.89. The summed E-state index contributed by atoms with van der Waals surface area (Å²) in [5.74, 6) is 0. The molecular weight excluding hydrogens is 345 g/mol. The van der Waals surface area contributed by atoms with Gasteiger partial charge < -0.3 is 4.74 Å². The summed E-state index contributed by atoms with van der Waals surface area (Å²) in [5, 5.41) is 0. The SMILES string of the molecule is COCc1cccc(S(=O)(=O)NCc2ccnc(C(F)(F)F)c2)c1. The van der Waals surface area contributed by atoms with Gasteiger partial charge in [0.15, 0.2) is 0 Å². The largest absolute Gasteiger partial charge is 0.433 e. The van der Waals surface area contributed by atoms with Gasteiger partial charge in [0.25, 0.3) is 0 Å². The molecule has 1 N–H and O–H groups in total. The molecule has 0 radical (unpaired) electrons. The molecule has 0 amide bonds. The highest BCUT2D eigenvalue weighted by Gasteiger charge is 2.32. The Hall–Kier alpha value is -1.97. The normalized spacial score (nSPS) is 12.3. The van der Waals surface area contributed by atoms with Gasteiger partial charge in [0.2, 0.25) is 10.0 Å². The first-order chi connectivity index (χ1) is 11.2. The molecule has 2 aromatic rings. The minimum Gasteiger partial charge on any atom is -0.380 e. The number of nitrogens with one attached hydrogen (secondary N) is 1. The minimum atomic E-state index is -4.58. The molecule has 24 heavy (non-hydrogen) atoms. The summed E-state index contributed by atoms with van der Waals surface area (Å²) < 4.78 is 69.6. The van der Waals surface area contributed by atoms with E-state index < -0.39 is 21.9 Å². The number of ether oxygens (including phenoxy) is 1. The first-order valence-corrected chi connectivity index (χ1v) is 8.30. The van der Waals surface area contributed by atoms with Gasteiger partial charge in [0.1, 0.15) is 5.69 Å². The molecule has 0 atom stereocenters. The van der Waals surface area contributed by atoms with Crippen LogP contribution in [0.4, 0.5) is 13.2 Å². The third kappa shape index (κ3) is 4.76. The molecule has 0 saturated carbocycles. The van der Waals surface area contributed by atoms with Crippen molar-refractivity contribution in [2.75, 3.05) is 7.11 Å². The number of methoxy groups -OCH3 is 1. The van der Waals surface area contributed by atoms with E-state index in [1.54, 1.807) is 12.1 Å². The van der Waals surface area contributed by atoms with Crippen molar-refractivity contribution in [3.8, 4) is 0 Å². The van der Waals surface area contributed by atoms with Crippen LogP contribution in [0, 0.1) is 0 Å². The molecule has 0 bridgehead atoms. The lowest BCUT2D eigenvalue weighted by Crippen LogP contribution is -2.23. The number of hydrogen-bond donors (Lipinski definition) is 1. The zero-order valence-corrected chi connectivity index (χ0v) is 13.5. The molecule has 0 aliphatic rings. The molecule has 1 aromatic carbocycles. The Labute approximate surface area is 137 Å². The smallest absolute Gasteiger partial charge is 0.380 e. The van der Waals surface area contributed by atoms with E-state index in [2.05, 4.69) is 9.71 Å².